The summed E-state index contributed by atoms with van der Waals surface area (Å²) in [5.74, 6) is 0.480. The zero-order chi connectivity index (χ0) is 21.2. The van der Waals surface area contributed by atoms with Crippen molar-refractivity contribution in [1.82, 2.24) is 20.1 Å². The third-order valence-corrected chi connectivity index (χ3v) is 5.08. The Balaban J connectivity index is 1.60. The summed E-state index contributed by atoms with van der Waals surface area (Å²) in [5, 5.41) is 8.76. The molecule has 2 N–H and O–H groups in total. The number of nitrogens with zero attached hydrogens (tertiary/aromatic N) is 2. The predicted octanol–water partition coefficient (Wildman–Crippen LogP) is 4.40. The number of rotatable bonds is 6. The second-order valence-electron chi connectivity index (χ2n) is 7.17. The van der Waals surface area contributed by atoms with Crippen LogP contribution in [0.2, 0.25) is 0 Å². The van der Waals surface area contributed by atoms with Gasteiger partial charge in [-0.3, -0.25) is 4.79 Å². The summed E-state index contributed by atoms with van der Waals surface area (Å²) in [7, 11) is 0. The lowest BCUT2D eigenvalue weighted by molar-refractivity contribution is 0.482. The maximum atomic E-state index is 13.5. The van der Waals surface area contributed by atoms with Gasteiger partial charge in [0, 0.05) is 23.1 Å². The van der Waals surface area contributed by atoms with Crippen molar-refractivity contribution in [3.05, 3.63) is 107 Å². The van der Waals surface area contributed by atoms with Crippen LogP contribution in [0.4, 0.5) is 4.39 Å². The summed E-state index contributed by atoms with van der Waals surface area (Å²) < 4.78 is 20.5. The molecule has 0 aliphatic carbocycles. The SMILES string of the molecule is O=c1[nH]c2c(cc1CNCc1ccco1)c(-c1ccc(F)cc1)nn2-c1ccccc1. The van der Waals surface area contributed by atoms with E-state index in [9.17, 15) is 9.18 Å². The standard InChI is InChI=1S/C24H19FN4O2/c25-18-10-8-16(9-11-18)22-21-13-17(14-26-15-20-7-4-12-31-20)24(30)27-23(21)29(28-22)19-5-2-1-3-6-19/h1-13,26H,14-15H2,(H,27,30). The van der Waals surface area contributed by atoms with E-state index in [1.165, 1.54) is 12.1 Å². The minimum atomic E-state index is -0.313. The zero-order valence-electron chi connectivity index (χ0n) is 16.5. The van der Waals surface area contributed by atoms with Gasteiger partial charge in [0.25, 0.3) is 5.56 Å². The normalized spacial score (nSPS) is 11.3. The number of nitrogens with one attached hydrogen (secondary N) is 2. The van der Waals surface area contributed by atoms with Crippen LogP contribution in [0.25, 0.3) is 28.0 Å². The highest BCUT2D eigenvalue weighted by Crippen LogP contribution is 2.29. The number of furan rings is 1. The van der Waals surface area contributed by atoms with Gasteiger partial charge in [0.15, 0.2) is 0 Å². The predicted molar refractivity (Wildman–Crippen MR) is 116 cm³/mol. The monoisotopic (exact) mass is 414 g/mol. The number of hydrogen-bond acceptors (Lipinski definition) is 4. The summed E-state index contributed by atoms with van der Waals surface area (Å²) in [5.41, 5.74) is 3.23. The summed E-state index contributed by atoms with van der Waals surface area (Å²) in [4.78, 5) is 15.8. The molecule has 0 spiro atoms. The highest BCUT2D eigenvalue weighted by atomic mass is 19.1. The number of pyridine rings is 1. The topological polar surface area (TPSA) is 75.8 Å². The van der Waals surface area contributed by atoms with Gasteiger partial charge in [0.1, 0.15) is 22.9 Å². The lowest BCUT2D eigenvalue weighted by Crippen LogP contribution is -2.21. The molecule has 3 heterocycles. The van der Waals surface area contributed by atoms with Crippen molar-refractivity contribution >= 4 is 11.0 Å². The maximum Gasteiger partial charge on any atom is 0.254 e. The number of aromatic amines is 1. The number of fused-ring (bicyclic) bond motifs is 1. The summed E-state index contributed by atoms with van der Waals surface area (Å²) >= 11 is 0. The minimum absolute atomic E-state index is 0.192. The van der Waals surface area contributed by atoms with E-state index in [4.69, 9.17) is 9.52 Å². The van der Waals surface area contributed by atoms with E-state index in [2.05, 4.69) is 10.3 Å². The molecule has 0 bridgehead atoms. The molecule has 0 atom stereocenters. The average molecular weight is 414 g/mol. The number of hydrogen-bond donors (Lipinski definition) is 2. The van der Waals surface area contributed by atoms with Gasteiger partial charge in [0.2, 0.25) is 0 Å². The molecule has 6 nitrogen and oxygen atoms in total. The first-order chi connectivity index (χ1) is 15.2. The minimum Gasteiger partial charge on any atom is -0.468 e. The molecule has 0 saturated carbocycles. The van der Waals surface area contributed by atoms with Crippen molar-refractivity contribution in [2.75, 3.05) is 0 Å². The van der Waals surface area contributed by atoms with E-state index in [1.807, 2.05) is 48.5 Å². The van der Waals surface area contributed by atoms with Gasteiger partial charge in [-0.25, -0.2) is 9.07 Å². The van der Waals surface area contributed by atoms with Crippen LogP contribution in [-0.4, -0.2) is 14.8 Å². The quantitative estimate of drug-likeness (QED) is 0.432. The second kappa shape index (κ2) is 8.04. The van der Waals surface area contributed by atoms with Gasteiger partial charge in [0.05, 0.1) is 18.5 Å². The van der Waals surface area contributed by atoms with Crippen LogP contribution in [0.5, 0.6) is 0 Å². The average Bonchev–Trinajstić information content (AvgIpc) is 3.43. The van der Waals surface area contributed by atoms with Crippen molar-refractivity contribution in [3.63, 3.8) is 0 Å². The van der Waals surface area contributed by atoms with Crippen LogP contribution in [0.15, 0.2) is 88.3 Å². The molecule has 0 aliphatic rings. The van der Waals surface area contributed by atoms with Crippen LogP contribution in [0.3, 0.4) is 0 Å². The number of benzene rings is 2. The third kappa shape index (κ3) is 3.78. The fourth-order valence-corrected chi connectivity index (χ4v) is 3.56. The largest absolute Gasteiger partial charge is 0.468 e. The summed E-state index contributed by atoms with van der Waals surface area (Å²) in [6, 6.07) is 21.3. The molecular formula is C24H19FN4O2. The smallest absolute Gasteiger partial charge is 0.254 e. The van der Waals surface area contributed by atoms with Crippen LogP contribution in [0, 0.1) is 5.82 Å². The molecule has 3 aromatic heterocycles. The first-order valence-electron chi connectivity index (χ1n) is 9.88. The van der Waals surface area contributed by atoms with Crippen LogP contribution in [0.1, 0.15) is 11.3 Å². The highest BCUT2D eigenvalue weighted by Gasteiger charge is 2.17. The van der Waals surface area contributed by atoms with Gasteiger partial charge in [-0.1, -0.05) is 18.2 Å². The van der Waals surface area contributed by atoms with E-state index in [-0.39, 0.29) is 11.4 Å². The Morgan fingerprint density at radius 3 is 2.55 bits per heavy atom. The van der Waals surface area contributed by atoms with Gasteiger partial charge < -0.3 is 14.7 Å². The summed E-state index contributed by atoms with van der Waals surface area (Å²) in [6.45, 7) is 0.879. The van der Waals surface area contributed by atoms with Crippen molar-refractivity contribution in [2.24, 2.45) is 0 Å². The molecule has 0 saturated heterocycles. The molecule has 7 heteroatoms. The van der Waals surface area contributed by atoms with Gasteiger partial charge in [-0.15, -0.1) is 0 Å². The van der Waals surface area contributed by atoms with Crippen molar-refractivity contribution in [2.45, 2.75) is 13.1 Å². The first kappa shape index (κ1) is 19.0. The van der Waals surface area contributed by atoms with Gasteiger partial charge in [-0.05, 0) is 54.6 Å². The van der Waals surface area contributed by atoms with E-state index in [1.54, 1.807) is 23.1 Å². The number of para-hydroxylation sites is 1. The van der Waals surface area contributed by atoms with E-state index in [0.29, 0.717) is 30.0 Å². The summed E-state index contributed by atoms with van der Waals surface area (Å²) in [6.07, 6.45) is 1.61. The fourth-order valence-electron chi connectivity index (χ4n) is 3.56. The molecule has 31 heavy (non-hydrogen) atoms. The van der Waals surface area contributed by atoms with Gasteiger partial charge >= 0.3 is 0 Å². The lowest BCUT2D eigenvalue weighted by atomic mass is 10.1. The molecule has 154 valence electrons. The van der Waals surface area contributed by atoms with Crippen molar-refractivity contribution < 1.29 is 8.81 Å². The Morgan fingerprint density at radius 2 is 1.81 bits per heavy atom. The van der Waals surface area contributed by atoms with Crippen molar-refractivity contribution in [3.8, 4) is 16.9 Å². The van der Waals surface area contributed by atoms with E-state index >= 15 is 0 Å². The molecule has 0 fully saturated rings. The Labute approximate surface area is 177 Å². The first-order valence-corrected chi connectivity index (χ1v) is 9.88. The number of halogens is 1. The van der Waals surface area contributed by atoms with Crippen LogP contribution < -0.4 is 10.9 Å². The molecule has 5 rings (SSSR count). The highest BCUT2D eigenvalue weighted by molar-refractivity contribution is 5.92. The molecule has 5 aromatic rings. The van der Waals surface area contributed by atoms with E-state index in [0.717, 1.165) is 22.4 Å². The molecule has 0 radical (unpaired) electrons. The Hall–Kier alpha value is -3.97. The zero-order valence-corrected chi connectivity index (χ0v) is 16.5. The maximum absolute atomic E-state index is 13.5. The molecule has 0 aliphatic heterocycles. The van der Waals surface area contributed by atoms with Crippen LogP contribution >= 0.6 is 0 Å². The lowest BCUT2D eigenvalue weighted by Gasteiger charge is -2.05. The molecule has 2 aromatic carbocycles. The third-order valence-electron chi connectivity index (χ3n) is 5.08. The molecular weight excluding hydrogens is 395 g/mol. The van der Waals surface area contributed by atoms with Crippen molar-refractivity contribution in [1.29, 1.82) is 0 Å². The van der Waals surface area contributed by atoms with Gasteiger partial charge in [-0.2, -0.15) is 5.10 Å². The molecule has 0 amide bonds. The Bertz CT molecular complexity index is 1370. The molecule has 0 unspecified atom stereocenters. The fraction of sp³-hybridized carbons (Fsp3) is 0.0833. The Kier molecular flexibility index (Phi) is 4.93. The second-order valence-corrected chi connectivity index (χ2v) is 7.17. The van der Waals surface area contributed by atoms with Crippen LogP contribution in [-0.2, 0) is 13.1 Å². The number of H-pyrrole nitrogens is 1. The number of aromatic nitrogens is 3. The Morgan fingerprint density at radius 1 is 1.00 bits per heavy atom. The van der Waals surface area contributed by atoms with E-state index < -0.39 is 0 Å².